The van der Waals surface area contributed by atoms with Crippen molar-refractivity contribution >= 4 is 39.1 Å². The lowest BCUT2D eigenvalue weighted by Crippen LogP contribution is -2.20. The minimum absolute atomic E-state index is 0.301. The van der Waals surface area contributed by atoms with Crippen LogP contribution in [0.25, 0.3) is 22.4 Å². The minimum atomic E-state index is -0.497. The first kappa shape index (κ1) is 20.5. The molecule has 0 unspecified atom stereocenters. The molecule has 7 heteroatoms. The van der Waals surface area contributed by atoms with Crippen molar-refractivity contribution in [2.45, 2.75) is 32.6 Å². The van der Waals surface area contributed by atoms with Gasteiger partial charge in [-0.3, -0.25) is 9.59 Å². The third kappa shape index (κ3) is 3.58. The number of rotatable bonds is 5. The van der Waals surface area contributed by atoms with Crippen molar-refractivity contribution in [3.8, 4) is 11.5 Å². The summed E-state index contributed by atoms with van der Waals surface area (Å²) in [6.45, 7) is 2.19. The maximum atomic E-state index is 13.4. The normalized spacial score (nSPS) is 15.5. The summed E-state index contributed by atoms with van der Waals surface area (Å²) in [4.78, 5) is 31.5. The van der Waals surface area contributed by atoms with Gasteiger partial charge in [0, 0.05) is 10.3 Å². The topological polar surface area (TPSA) is 98.2 Å². The number of amides is 2. The Kier molecular flexibility index (Phi) is 5.27. The van der Waals surface area contributed by atoms with E-state index in [0.29, 0.717) is 39.0 Å². The van der Waals surface area contributed by atoms with E-state index in [1.807, 2.05) is 24.3 Å². The molecule has 0 saturated carbocycles. The summed E-state index contributed by atoms with van der Waals surface area (Å²) in [5, 5.41) is 4.25. The fourth-order valence-corrected chi connectivity index (χ4v) is 5.80. The van der Waals surface area contributed by atoms with Crippen molar-refractivity contribution in [3.63, 3.8) is 0 Å². The molecule has 0 bridgehead atoms. The molecule has 1 atom stereocenters. The van der Waals surface area contributed by atoms with Crippen LogP contribution in [-0.2, 0) is 12.8 Å². The number of para-hydroxylation sites is 1. The molecule has 0 saturated heterocycles. The number of pyridine rings is 1. The fraction of sp³-hybridized carbons (Fsp3) is 0.240. The van der Waals surface area contributed by atoms with Gasteiger partial charge in [-0.05, 0) is 55.0 Å². The molecular formula is C25H23N3O3S. The Labute approximate surface area is 189 Å². The Morgan fingerprint density at radius 2 is 2.09 bits per heavy atom. The fourth-order valence-electron chi connectivity index (χ4n) is 4.44. The highest BCUT2D eigenvalue weighted by atomic mass is 32.1. The number of anilines is 1. The first-order chi connectivity index (χ1) is 15.5. The smallest absolute Gasteiger partial charge is 0.257 e. The maximum absolute atomic E-state index is 13.4. The molecule has 2 amide bonds. The van der Waals surface area contributed by atoms with Gasteiger partial charge < -0.3 is 15.5 Å². The van der Waals surface area contributed by atoms with E-state index < -0.39 is 5.91 Å². The molecular weight excluding hydrogens is 422 g/mol. The van der Waals surface area contributed by atoms with Crippen molar-refractivity contribution in [2.24, 2.45) is 11.7 Å². The van der Waals surface area contributed by atoms with Gasteiger partial charge >= 0.3 is 0 Å². The van der Waals surface area contributed by atoms with E-state index in [4.69, 9.17) is 10.2 Å². The van der Waals surface area contributed by atoms with Crippen molar-refractivity contribution in [1.29, 1.82) is 0 Å². The Morgan fingerprint density at radius 3 is 2.84 bits per heavy atom. The van der Waals surface area contributed by atoms with E-state index in [2.05, 4.69) is 17.2 Å². The summed E-state index contributed by atoms with van der Waals surface area (Å²) in [5.41, 5.74) is 8.93. The van der Waals surface area contributed by atoms with Gasteiger partial charge in [-0.25, -0.2) is 4.98 Å². The van der Waals surface area contributed by atoms with Crippen LogP contribution in [0.1, 0.15) is 50.9 Å². The SMILES string of the molecule is CC[C@@H]1CCc2c(sc(NC(=O)c3cc(-c4ccco4)nc4ccccc34)c2C(N)=O)C1. The number of nitrogens with zero attached hydrogens (tertiary/aromatic N) is 1. The van der Waals surface area contributed by atoms with Gasteiger partial charge in [0.05, 0.1) is 22.9 Å². The number of fused-ring (bicyclic) bond motifs is 2. The molecule has 0 aliphatic heterocycles. The quantitative estimate of drug-likeness (QED) is 0.428. The van der Waals surface area contributed by atoms with Crippen molar-refractivity contribution < 1.29 is 14.0 Å². The number of aromatic nitrogens is 1. The Balaban J connectivity index is 1.56. The van der Waals surface area contributed by atoms with Gasteiger partial charge in [-0.15, -0.1) is 11.3 Å². The predicted molar refractivity (Wildman–Crippen MR) is 126 cm³/mol. The molecule has 1 aromatic carbocycles. The largest absolute Gasteiger partial charge is 0.463 e. The summed E-state index contributed by atoms with van der Waals surface area (Å²) in [5.74, 6) is 0.387. The van der Waals surface area contributed by atoms with Gasteiger partial charge in [0.2, 0.25) is 0 Å². The number of carbonyl (C=O) groups excluding carboxylic acids is 2. The maximum Gasteiger partial charge on any atom is 0.257 e. The van der Waals surface area contributed by atoms with Gasteiger partial charge in [-0.1, -0.05) is 31.5 Å². The highest BCUT2D eigenvalue weighted by molar-refractivity contribution is 7.17. The summed E-state index contributed by atoms with van der Waals surface area (Å²) < 4.78 is 5.49. The van der Waals surface area contributed by atoms with Gasteiger partial charge in [0.1, 0.15) is 10.7 Å². The van der Waals surface area contributed by atoms with E-state index in [1.165, 1.54) is 11.3 Å². The zero-order chi connectivity index (χ0) is 22.2. The molecule has 4 aromatic rings. The molecule has 1 aliphatic carbocycles. The average molecular weight is 446 g/mol. The molecule has 0 spiro atoms. The molecule has 5 rings (SSSR count). The van der Waals surface area contributed by atoms with Crippen molar-refractivity contribution in [1.82, 2.24) is 4.98 Å². The molecule has 3 N–H and O–H groups in total. The lowest BCUT2D eigenvalue weighted by Gasteiger charge is -2.20. The Morgan fingerprint density at radius 1 is 1.25 bits per heavy atom. The lowest BCUT2D eigenvalue weighted by atomic mass is 9.85. The zero-order valence-corrected chi connectivity index (χ0v) is 18.5. The van der Waals surface area contributed by atoms with Crippen LogP contribution < -0.4 is 11.1 Å². The van der Waals surface area contributed by atoms with Gasteiger partial charge in [0.25, 0.3) is 11.8 Å². The van der Waals surface area contributed by atoms with Crippen LogP contribution in [0.5, 0.6) is 0 Å². The third-order valence-electron chi connectivity index (χ3n) is 6.15. The second kappa shape index (κ2) is 8.24. The lowest BCUT2D eigenvalue weighted by molar-refractivity contribution is 0.1000. The Hall–Kier alpha value is -3.45. The van der Waals surface area contributed by atoms with Crippen LogP contribution in [0.4, 0.5) is 5.00 Å². The number of nitrogens with two attached hydrogens (primary N) is 1. The number of primary amides is 1. The minimum Gasteiger partial charge on any atom is -0.463 e. The first-order valence-corrected chi connectivity index (χ1v) is 11.6. The van der Waals surface area contributed by atoms with Crippen LogP contribution in [-0.4, -0.2) is 16.8 Å². The highest BCUT2D eigenvalue weighted by Gasteiger charge is 2.28. The number of benzene rings is 1. The van der Waals surface area contributed by atoms with E-state index >= 15 is 0 Å². The average Bonchev–Trinajstić information content (AvgIpc) is 3.45. The van der Waals surface area contributed by atoms with Crippen LogP contribution in [0.15, 0.2) is 53.1 Å². The van der Waals surface area contributed by atoms with E-state index in [1.54, 1.807) is 24.5 Å². The van der Waals surface area contributed by atoms with Crippen molar-refractivity contribution in [2.75, 3.05) is 5.32 Å². The van der Waals surface area contributed by atoms with Gasteiger partial charge in [-0.2, -0.15) is 0 Å². The van der Waals surface area contributed by atoms with E-state index in [9.17, 15) is 9.59 Å². The first-order valence-electron chi connectivity index (χ1n) is 10.7. The van der Waals surface area contributed by atoms with E-state index in [-0.39, 0.29) is 5.91 Å². The van der Waals surface area contributed by atoms with Crippen molar-refractivity contribution in [3.05, 3.63) is 70.3 Å². The van der Waals surface area contributed by atoms with E-state index in [0.717, 1.165) is 41.5 Å². The van der Waals surface area contributed by atoms with Crippen LogP contribution in [0.3, 0.4) is 0 Å². The molecule has 32 heavy (non-hydrogen) atoms. The number of thiophene rings is 1. The van der Waals surface area contributed by atoms with Crippen LogP contribution in [0.2, 0.25) is 0 Å². The number of carbonyl (C=O) groups is 2. The number of hydrogen-bond acceptors (Lipinski definition) is 5. The summed E-state index contributed by atoms with van der Waals surface area (Å²) >= 11 is 1.47. The predicted octanol–water partition coefficient (Wildman–Crippen LogP) is 5.42. The molecule has 3 aromatic heterocycles. The molecule has 3 heterocycles. The second-order valence-corrected chi connectivity index (χ2v) is 9.20. The molecule has 0 radical (unpaired) electrons. The molecule has 6 nitrogen and oxygen atoms in total. The number of hydrogen-bond donors (Lipinski definition) is 2. The molecule has 1 aliphatic rings. The third-order valence-corrected chi connectivity index (χ3v) is 7.32. The number of nitrogens with one attached hydrogen (secondary N) is 1. The second-order valence-electron chi connectivity index (χ2n) is 8.09. The number of furan rings is 1. The molecule has 0 fully saturated rings. The summed E-state index contributed by atoms with van der Waals surface area (Å²) in [7, 11) is 0. The molecule has 162 valence electrons. The van der Waals surface area contributed by atoms with Crippen LogP contribution in [0, 0.1) is 5.92 Å². The monoisotopic (exact) mass is 445 g/mol. The summed E-state index contributed by atoms with van der Waals surface area (Å²) in [6, 6.07) is 12.8. The van der Waals surface area contributed by atoms with Crippen LogP contribution >= 0.6 is 11.3 Å². The zero-order valence-electron chi connectivity index (χ0n) is 17.7. The Bertz CT molecular complexity index is 1320. The highest BCUT2D eigenvalue weighted by Crippen LogP contribution is 2.40. The summed E-state index contributed by atoms with van der Waals surface area (Å²) in [6.07, 6.45) is 5.45. The van der Waals surface area contributed by atoms with Gasteiger partial charge in [0.15, 0.2) is 5.76 Å². The standard InChI is InChI=1S/C25H23N3O3S/c1-2-14-9-10-16-21(12-14)32-25(22(16)23(26)29)28-24(30)17-13-19(20-8-5-11-31-20)27-18-7-4-3-6-15(17)18/h3-8,11,13-14H,2,9-10,12H2,1H3,(H2,26,29)(H,28,30)/t14-/m1/s1.